The van der Waals surface area contributed by atoms with Crippen molar-refractivity contribution in [3.63, 3.8) is 0 Å². The second-order valence-electron chi connectivity index (χ2n) is 3.13. The summed E-state index contributed by atoms with van der Waals surface area (Å²) in [6.07, 6.45) is 0.872. The van der Waals surface area contributed by atoms with E-state index in [0.29, 0.717) is 10.7 Å². The summed E-state index contributed by atoms with van der Waals surface area (Å²) in [5.74, 6) is 0. The van der Waals surface area contributed by atoms with Crippen molar-refractivity contribution in [2.24, 2.45) is 0 Å². The van der Waals surface area contributed by atoms with Crippen molar-refractivity contribution in [1.29, 1.82) is 0 Å². The average molecular weight is 208 g/mol. The number of aromatic nitrogens is 1. The lowest BCUT2D eigenvalue weighted by molar-refractivity contribution is 0.111. The van der Waals surface area contributed by atoms with Gasteiger partial charge in [0, 0.05) is 22.5 Å². The first-order valence-electron chi connectivity index (χ1n) is 4.50. The number of halogens is 1. The van der Waals surface area contributed by atoms with Crippen LogP contribution in [-0.2, 0) is 6.54 Å². The van der Waals surface area contributed by atoms with E-state index in [4.69, 9.17) is 11.6 Å². The third-order valence-electron chi connectivity index (χ3n) is 2.33. The Morgan fingerprint density at radius 3 is 2.86 bits per heavy atom. The Morgan fingerprint density at radius 1 is 1.43 bits per heavy atom. The number of aldehydes is 1. The van der Waals surface area contributed by atoms with Crippen molar-refractivity contribution in [2.45, 2.75) is 13.5 Å². The van der Waals surface area contributed by atoms with Gasteiger partial charge < -0.3 is 4.57 Å². The molecule has 0 amide bonds. The van der Waals surface area contributed by atoms with Gasteiger partial charge in [-0.15, -0.1) is 0 Å². The van der Waals surface area contributed by atoms with E-state index in [1.165, 1.54) is 0 Å². The van der Waals surface area contributed by atoms with E-state index in [2.05, 4.69) is 0 Å². The van der Waals surface area contributed by atoms with Gasteiger partial charge in [-0.3, -0.25) is 4.79 Å². The van der Waals surface area contributed by atoms with Gasteiger partial charge in [-0.1, -0.05) is 11.6 Å². The number of carbonyl (C=O) groups is 1. The molecule has 72 valence electrons. The quantitative estimate of drug-likeness (QED) is 0.694. The van der Waals surface area contributed by atoms with Crippen LogP contribution in [0.25, 0.3) is 10.9 Å². The molecule has 0 atom stereocenters. The van der Waals surface area contributed by atoms with Crippen LogP contribution in [0.5, 0.6) is 0 Å². The van der Waals surface area contributed by atoms with Gasteiger partial charge in [-0.2, -0.15) is 0 Å². The summed E-state index contributed by atoms with van der Waals surface area (Å²) >= 11 is 5.87. The Kier molecular flexibility index (Phi) is 2.30. The molecule has 2 rings (SSSR count). The van der Waals surface area contributed by atoms with Crippen molar-refractivity contribution >= 4 is 28.8 Å². The predicted molar refractivity (Wildman–Crippen MR) is 58.0 cm³/mol. The predicted octanol–water partition coefficient (Wildman–Crippen LogP) is 3.13. The summed E-state index contributed by atoms with van der Waals surface area (Å²) in [4.78, 5) is 10.8. The zero-order chi connectivity index (χ0) is 10.1. The topological polar surface area (TPSA) is 22.0 Å². The normalized spacial score (nSPS) is 10.7. The number of fused-ring (bicyclic) bond motifs is 1. The summed E-state index contributed by atoms with van der Waals surface area (Å²) in [6.45, 7) is 2.81. The third-order valence-corrected chi connectivity index (χ3v) is 2.57. The number of aryl methyl sites for hydroxylation is 1. The number of hydrogen-bond donors (Lipinski definition) is 0. The number of benzene rings is 1. The smallest absolute Gasteiger partial charge is 0.166 e. The highest BCUT2D eigenvalue weighted by atomic mass is 35.5. The molecule has 0 aliphatic rings. The molecular weight excluding hydrogens is 198 g/mol. The monoisotopic (exact) mass is 207 g/mol. The van der Waals surface area contributed by atoms with Crippen molar-refractivity contribution < 1.29 is 4.79 Å². The number of carbonyl (C=O) groups excluding carboxylic acids is 1. The summed E-state index contributed by atoms with van der Waals surface area (Å²) in [6, 6.07) is 7.51. The molecule has 1 heterocycles. The van der Waals surface area contributed by atoms with Crippen molar-refractivity contribution in [1.82, 2.24) is 4.57 Å². The fraction of sp³-hybridized carbons (Fsp3) is 0.182. The highest BCUT2D eigenvalue weighted by Crippen LogP contribution is 2.22. The lowest BCUT2D eigenvalue weighted by Crippen LogP contribution is -1.98. The van der Waals surface area contributed by atoms with Crippen LogP contribution in [0.15, 0.2) is 24.3 Å². The first-order valence-corrected chi connectivity index (χ1v) is 4.88. The molecule has 2 nitrogen and oxygen atoms in total. The number of rotatable bonds is 2. The molecule has 0 radical (unpaired) electrons. The molecule has 0 unspecified atom stereocenters. The van der Waals surface area contributed by atoms with E-state index in [0.717, 1.165) is 23.7 Å². The molecule has 0 fully saturated rings. The van der Waals surface area contributed by atoms with E-state index < -0.39 is 0 Å². The Labute approximate surface area is 87.1 Å². The van der Waals surface area contributed by atoms with E-state index in [1.54, 1.807) is 0 Å². The maximum absolute atomic E-state index is 10.8. The summed E-state index contributed by atoms with van der Waals surface area (Å²) < 4.78 is 1.97. The molecule has 0 bridgehead atoms. The minimum Gasteiger partial charge on any atom is -0.339 e. The second-order valence-corrected chi connectivity index (χ2v) is 3.57. The zero-order valence-corrected chi connectivity index (χ0v) is 8.58. The average Bonchev–Trinajstić information content (AvgIpc) is 2.54. The number of hydrogen-bond acceptors (Lipinski definition) is 1. The van der Waals surface area contributed by atoms with Gasteiger partial charge in [0.05, 0.1) is 5.69 Å². The molecule has 0 saturated heterocycles. The molecule has 0 saturated carbocycles. The molecule has 1 aromatic carbocycles. The fourth-order valence-electron chi connectivity index (χ4n) is 1.71. The summed E-state index contributed by atoms with van der Waals surface area (Å²) in [5.41, 5.74) is 1.75. The highest BCUT2D eigenvalue weighted by molar-refractivity contribution is 6.31. The SMILES string of the molecule is CCn1c(C=O)cc2cc(Cl)ccc21. The first-order chi connectivity index (χ1) is 6.76. The minimum absolute atomic E-state index is 0.697. The Bertz CT molecular complexity index is 487. The lowest BCUT2D eigenvalue weighted by Gasteiger charge is -2.02. The molecular formula is C11H10ClNO. The van der Waals surface area contributed by atoms with E-state index in [9.17, 15) is 4.79 Å². The van der Waals surface area contributed by atoms with Gasteiger partial charge in [-0.25, -0.2) is 0 Å². The van der Waals surface area contributed by atoms with Gasteiger partial charge in [0.2, 0.25) is 0 Å². The fourth-order valence-corrected chi connectivity index (χ4v) is 1.89. The maximum atomic E-state index is 10.8. The van der Waals surface area contributed by atoms with Crippen LogP contribution < -0.4 is 0 Å². The molecule has 3 heteroatoms. The molecule has 2 aromatic rings. The molecule has 0 aliphatic carbocycles. The van der Waals surface area contributed by atoms with E-state index in [1.807, 2.05) is 35.8 Å². The van der Waals surface area contributed by atoms with Crippen LogP contribution in [-0.4, -0.2) is 10.9 Å². The van der Waals surface area contributed by atoms with Gasteiger partial charge in [0.25, 0.3) is 0 Å². The molecule has 0 aliphatic heterocycles. The summed E-state index contributed by atoms with van der Waals surface area (Å²) in [7, 11) is 0. The van der Waals surface area contributed by atoms with Crippen LogP contribution in [0.3, 0.4) is 0 Å². The maximum Gasteiger partial charge on any atom is 0.166 e. The zero-order valence-electron chi connectivity index (χ0n) is 7.83. The Hall–Kier alpha value is -1.28. The Morgan fingerprint density at radius 2 is 2.21 bits per heavy atom. The van der Waals surface area contributed by atoms with Gasteiger partial charge >= 0.3 is 0 Å². The van der Waals surface area contributed by atoms with E-state index in [-0.39, 0.29) is 0 Å². The summed E-state index contributed by atoms with van der Waals surface area (Å²) in [5, 5.41) is 1.71. The van der Waals surface area contributed by atoms with Crippen molar-refractivity contribution in [3.8, 4) is 0 Å². The van der Waals surface area contributed by atoms with Crippen LogP contribution >= 0.6 is 11.6 Å². The molecule has 0 N–H and O–H groups in total. The van der Waals surface area contributed by atoms with Crippen LogP contribution in [0, 0.1) is 0 Å². The first kappa shape index (κ1) is 9.28. The van der Waals surface area contributed by atoms with Crippen LogP contribution in [0.4, 0.5) is 0 Å². The highest BCUT2D eigenvalue weighted by Gasteiger charge is 2.06. The molecule has 0 spiro atoms. The third kappa shape index (κ3) is 1.32. The second kappa shape index (κ2) is 3.46. The standard InChI is InChI=1S/C11H10ClNO/c1-2-13-10(7-14)6-8-5-9(12)3-4-11(8)13/h3-7H,2H2,1H3. The van der Waals surface area contributed by atoms with Crippen molar-refractivity contribution in [2.75, 3.05) is 0 Å². The largest absolute Gasteiger partial charge is 0.339 e. The van der Waals surface area contributed by atoms with Crippen molar-refractivity contribution in [3.05, 3.63) is 35.0 Å². The molecule has 1 aromatic heterocycles. The lowest BCUT2D eigenvalue weighted by atomic mass is 10.2. The number of nitrogens with zero attached hydrogens (tertiary/aromatic N) is 1. The minimum atomic E-state index is 0.697. The Balaban J connectivity index is 2.79. The molecule has 14 heavy (non-hydrogen) atoms. The van der Waals surface area contributed by atoms with Gasteiger partial charge in [0.1, 0.15) is 0 Å². The van der Waals surface area contributed by atoms with Crippen LogP contribution in [0.2, 0.25) is 5.02 Å². The van der Waals surface area contributed by atoms with Crippen LogP contribution in [0.1, 0.15) is 17.4 Å². The van der Waals surface area contributed by atoms with Gasteiger partial charge in [0.15, 0.2) is 6.29 Å². The van der Waals surface area contributed by atoms with Gasteiger partial charge in [-0.05, 0) is 31.2 Å². The van der Waals surface area contributed by atoms with E-state index >= 15 is 0 Å².